The van der Waals surface area contributed by atoms with Crippen LogP contribution in [0.25, 0.3) is 0 Å². The Balaban J connectivity index is 4.44. The third-order valence-corrected chi connectivity index (χ3v) is 11.3. The summed E-state index contributed by atoms with van der Waals surface area (Å²) in [6, 6.07) is 0. The molecule has 0 unspecified atom stereocenters. The van der Waals surface area contributed by atoms with Crippen molar-refractivity contribution in [3.8, 4) is 0 Å². The topological polar surface area (TPSA) is 29.1 Å². The van der Waals surface area contributed by atoms with Gasteiger partial charge in [0.2, 0.25) is 0 Å². The molecule has 0 aliphatic carbocycles. The highest BCUT2D eigenvalue weighted by molar-refractivity contribution is 5.84. The fourth-order valence-electron chi connectivity index (χ4n) is 7.51. The average molecular weight is 790 g/mol. The van der Waals surface area contributed by atoms with Crippen LogP contribution in [0.5, 0.6) is 0 Å². The first kappa shape index (κ1) is 52.9. The number of carbonyl (C=O) groups excluding carboxylic acids is 1. The van der Waals surface area contributed by atoms with Crippen molar-refractivity contribution in [2.75, 3.05) is 33.2 Å². The zero-order chi connectivity index (χ0) is 40.4. The minimum Gasteiger partial charge on any atom is -0.350 e. The summed E-state index contributed by atoms with van der Waals surface area (Å²) < 4.78 is 92.3. The Hall–Kier alpha value is -1.06. The Morgan fingerprint density at radius 1 is 0.407 bits per heavy atom. The van der Waals surface area contributed by atoms with Gasteiger partial charge in [-0.25, -0.2) is 0 Å². The van der Waals surface area contributed by atoms with Gasteiger partial charge in [-0.15, -0.1) is 0 Å². The van der Waals surface area contributed by atoms with Gasteiger partial charge in [0.25, 0.3) is 5.91 Å². The summed E-state index contributed by atoms with van der Waals surface area (Å²) in [5.41, 5.74) is 0. The molecule has 0 aromatic rings. The summed E-state index contributed by atoms with van der Waals surface area (Å²) in [5, 5.41) is 1.64. The molecule has 0 fully saturated rings. The van der Waals surface area contributed by atoms with Crippen molar-refractivity contribution in [1.29, 1.82) is 0 Å². The first-order valence-electron chi connectivity index (χ1n) is 22.7. The summed E-state index contributed by atoms with van der Waals surface area (Å²) in [5.74, 6) is -14.9. The molecular formula is C44H84F7N2O+. The van der Waals surface area contributed by atoms with Crippen molar-refractivity contribution in [2.24, 2.45) is 0 Å². The second kappa shape index (κ2) is 33.0. The van der Waals surface area contributed by atoms with Crippen LogP contribution < -0.4 is 5.32 Å². The maximum Gasteiger partial charge on any atom is 0.460 e. The van der Waals surface area contributed by atoms with Crippen molar-refractivity contribution in [3.63, 3.8) is 0 Å². The Labute approximate surface area is 327 Å². The fraction of sp³-hybridized carbons (Fsp3) is 0.977. The first-order chi connectivity index (χ1) is 25.7. The molecule has 0 rings (SSSR count). The molecular weight excluding hydrogens is 705 g/mol. The quantitative estimate of drug-likeness (QED) is 0.0374. The Morgan fingerprint density at radius 2 is 0.648 bits per heavy atom. The van der Waals surface area contributed by atoms with E-state index in [0.717, 1.165) is 51.6 Å². The second-order valence-corrected chi connectivity index (χ2v) is 16.7. The lowest BCUT2D eigenvalue weighted by atomic mass is 10.0. The number of nitrogens with zero attached hydrogens (tertiary/aromatic N) is 1. The lowest BCUT2D eigenvalue weighted by Gasteiger charge is -2.35. The molecule has 0 atom stereocenters. The largest absolute Gasteiger partial charge is 0.460 e. The van der Waals surface area contributed by atoms with E-state index in [-0.39, 0.29) is 13.0 Å². The lowest BCUT2D eigenvalue weighted by Crippen LogP contribution is -2.59. The standard InChI is InChI=1S/C44H83F7N2O/c1-4-6-8-10-12-14-16-18-20-22-24-26-28-30-32-34-38-53(3,40-36-37-52-41(54)42(45,46)43(47,48)44(49,50)51)39-35-33-31-29-27-25-23-21-19-17-15-13-11-9-7-5-2/h4-40H2,1-3H3/p+1. The summed E-state index contributed by atoms with van der Waals surface area (Å²) in [7, 11) is 2.10. The molecule has 0 saturated carbocycles. The monoisotopic (exact) mass is 790 g/mol. The van der Waals surface area contributed by atoms with E-state index in [1.807, 2.05) is 0 Å². The van der Waals surface area contributed by atoms with Crippen LogP contribution in [0.15, 0.2) is 0 Å². The number of alkyl halides is 7. The van der Waals surface area contributed by atoms with Crippen molar-refractivity contribution < 1.29 is 40.0 Å². The molecule has 0 aliphatic heterocycles. The van der Waals surface area contributed by atoms with Gasteiger partial charge in [0.1, 0.15) is 0 Å². The molecule has 1 N–H and O–H groups in total. The number of hydrogen-bond acceptors (Lipinski definition) is 1. The van der Waals surface area contributed by atoms with Gasteiger partial charge in [-0.2, -0.15) is 30.7 Å². The molecule has 3 nitrogen and oxygen atoms in total. The van der Waals surface area contributed by atoms with Gasteiger partial charge >= 0.3 is 18.0 Å². The summed E-state index contributed by atoms with van der Waals surface area (Å²) in [6.45, 7) is 6.41. The number of rotatable bonds is 40. The predicted octanol–water partition coefficient (Wildman–Crippen LogP) is 15.3. The van der Waals surface area contributed by atoms with Gasteiger partial charge in [0.05, 0.1) is 26.7 Å². The number of hydrogen-bond donors (Lipinski definition) is 1. The van der Waals surface area contributed by atoms with E-state index in [4.69, 9.17) is 0 Å². The molecule has 10 heteroatoms. The van der Waals surface area contributed by atoms with Crippen LogP contribution >= 0.6 is 0 Å². The highest BCUT2D eigenvalue weighted by Crippen LogP contribution is 2.46. The third kappa shape index (κ3) is 26.7. The van der Waals surface area contributed by atoms with Gasteiger partial charge < -0.3 is 9.80 Å². The van der Waals surface area contributed by atoms with Gasteiger partial charge in [0, 0.05) is 13.0 Å². The zero-order valence-electron chi connectivity index (χ0n) is 35.2. The van der Waals surface area contributed by atoms with Crippen LogP contribution in [0.1, 0.15) is 226 Å². The number of nitrogens with one attached hydrogen (secondary N) is 1. The molecule has 0 saturated heterocycles. The van der Waals surface area contributed by atoms with Gasteiger partial charge in [-0.3, -0.25) is 4.79 Å². The Morgan fingerprint density at radius 3 is 0.907 bits per heavy atom. The van der Waals surface area contributed by atoms with Crippen LogP contribution in [-0.4, -0.2) is 61.6 Å². The van der Waals surface area contributed by atoms with Gasteiger partial charge in [-0.1, -0.05) is 194 Å². The van der Waals surface area contributed by atoms with Crippen molar-refractivity contribution in [3.05, 3.63) is 0 Å². The molecule has 0 bridgehead atoms. The minimum atomic E-state index is -6.52. The van der Waals surface area contributed by atoms with E-state index in [1.165, 1.54) is 167 Å². The van der Waals surface area contributed by atoms with E-state index in [2.05, 4.69) is 20.9 Å². The maximum atomic E-state index is 13.8. The van der Waals surface area contributed by atoms with E-state index in [9.17, 15) is 35.5 Å². The Bertz CT molecular complexity index is 817. The number of amides is 1. The average Bonchev–Trinajstić information content (AvgIpc) is 3.12. The van der Waals surface area contributed by atoms with Crippen LogP contribution in [0.4, 0.5) is 30.7 Å². The van der Waals surface area contributed by atoms with Crippen molar-refractivity contribution in [1.82, 2.24) is 5.32 Å². The molecule has 0 aliphatic rings. The zero-order valence-corrected chi connectivity index (χ0v) is 35.2. The molecule has 1 amide bonds. The third-order valence-electron chi connectivity index (χ3n) is 11.3. The van der Waals surface area contributed by atoms with Crippen LogP contribution in [-0.2, 0) is 4.79 Å². The fourth-order valence-corrected chi connectivity index (χ4v) is 7.51. The van der Waals surface area contributed by atoms with Crippen LogP contribution in [0.3, 0.4) is 0 Å². The second-order valence-electron chi connectivity index (χ2n) is 16.7. The lowest BCUT2D eigenvalue weighted by molar-refractivity contribution is -0.910. The Kier molecular flexibility index (Phi) is 32.3. The highest BCUT2D eigenvalue weighted by Gasteiger charge is 2.76. The number of quaternary nitrogens is 1. The molecule has 0 spiro atoms. The summed E-state index contributed by atoms with van der Waals surface area (Å²) >= 11 is 0. The number of unbranched alkanes of at least 4 members (excludes halogenated alkanes) is 30. The van der Waals surface area contributed by atoms with Crippen molar-refractivity contribution >= 4 is 5.91 Å². The summed E-state index contributed by atoms with van der Waals surface area (Å²) in [6.07, 6.45) is 34.7. The summed E-state index contributed by atoms with van der Waals surface area (Å²) in [4.78, 5) is 11.7. The normalized spacial score (nSPS) is 12.9. The molecule has 0 heterocycles. The molecule has 0 aromatic heterocycles. The van der Waals surface area contributed by atoms with E-state index < -0.39 is 23.9 Å². The maximum absolute atomic E-state index is 13.8. The highest BCUT2D eigenvalue weighted by atomic mass is 19.4. The number of carbonyl (C=O) groups is 1. The molecule has 0 radical (unpaired) electrons. The molecule has 324 valence electrons. The van der Waals surface area contributed by atoms with E-state index in [1.54, 1.807) is 5.32 Å². The smallest absolute Gasteiger partial charge is 0.350 e. The minimum absolute atomic E-state index is 0.216. The van der Waals surface area contributed by atoms with Crippen LogP contribution in [0.2, 0.25) is 0 Å². The molecule has 0 aromatic carbocycles. The van der Waals surface area contributed by atoms with E-state index >= 15 is 0 Å². The van der Waals surface area contributed by atoms with Gasteiger partial charge in [0.15, 0.2) is 0 Å². The first-order valence-corrected chi connectivity index (χ1v) is 22.7. The van der Waals surface area contributed by atoms with E-state index in [0.29, 0.717) is 11.0 Å². The predicted molar refractivity (Wildman–Crippen MR) is 213 cm³/mol. The molecule has 54 heavy (non-hydrogen) atoms. The number of halogens is 7. The SMILES string of the molecule is CCCCCCCCCCCCCCCCCC[N+](C)(CCCCCCCCCCCCCCCCCC)CCCNC(=O)C(F)(F)C(F)(F)C(F)(F)F. The van der Waals surface area contributed by atoms with Crippen molar-refractivity contribution in [2.45, 2.75) is 244 Å². The van der Waals surface area contributed by atoms with Crippen LogP contribution in [0, 0.1) is 0 Å². The van der Waals surface area contributed by atoms with Gasteiger partial charge in [-0.05, 0) is 25.7 Å².